The Morgan fingerprint density at radius 1 is 1.50 bits per heavy atom. The molecule has 18 heavy (non-hydrogen) atoms. The number of benzene rings is 1. The van der Waals surface area contributed by atoms with Crippen LogP contribution in [0.15, 0.2) is 23.1 Å². The van der Waals surface area contributed by atoms with Gasteiger partial charge in [0.1, 0.15) is 5.75 Å². The third-order valence-corrected chi connectivity index (χ3v) is 3.97. The first-order chi connectivity index (χ1) is 8.55. The zero-order chi connectivity index (χ0) is 13.6. The molecule has 0 aliphatic rings. The summed E-state index contributed by atoms with van der Waals surface area (Å²) in [7, 11) is -2.04. The van der Waals surface area contributed by atoms with E-state index < -0.39 is 16.4 Å². The van der Waals surface area contributed by atoms with Crippen LogP contribution in [-0.2, 0) is 9.84 Å². The molecule has 0 spiro atoms. The van der Waals surface area contributed by atoms with E-state index in [1.165, 1.54) is 19.2 Å². The number of ether oxygens (including phenoxy) is 1. The summed E-state index contributed by atoms with van der Waals surface area (Å²) in [5, 5.41) is 11.6. The van der Waals surface area contributed by atoms with Crippen molar-refractivity contribution in [1.29, 1.82) is 0 Å². The van der Waals surface area contributed by atoms with Gasteiger partial charge in [-0.15, -0.1) is 6.42 Å². The Morgan fingerprint density at radius 2 is 2.22 bits per heavy atom. The summed E-state index contributed by atoms with van der Waals surface area (Å²) in [5.74, 6) is 2.50. The molecule has 0 heterocycles. The van der Waals surface area contributed by atoms with Gasteiger partial charge in [0.2, 0.25) is 0 Å². The minimum absolute atomic E-state index is 0.111. The predicted molar refractivity (Wildman–Crippen MR) is 69.5 cm³/mol. The van der Waals surface area contributed by atoms with E-state index in [1.54, 1.807) is 6.07 Å². The number of hydrogen-bond acceptors (Lipinski definition) is 5. The van der Waals surface area contributed by atoms with E-state index in [0.29, 0.717) is 18.0 Å². The molecular formula is C12H15NO4S. The van der Waals surface area contributed by atoms with Crippen molar-refractivity contribution in [2.45, 2.75) is 4.90 Å². The Hall–Kier alpha value is -1.71. The summed E-state index contributed by atoms with van der Waals surface area (Å²) in [6.07, 6.45) is 5.13. The number of nitrogens with one attached hydrogen (secondary N) is 1. The molecule has 0 atom stereocenters. The Bertz CT molecular complexity index is 546. The Balaban J connectivity index is 3.10. The number of anilines is 1. The number of sulfone groups is 1. The van der Waals surface area contributed by atoms with Crippen molar-refractivity contribution in [3.05, 3.63) is 18.2 Å². The number of aliphatic hydroxyl groups excluding tert-OH is 1. The third-order valence-electron chi connectivity index (χ3n) is 2.27. The molecular weight excluding hydrogens is 254 g/mol. The molecule has 0 fully saturated rings. The quantitative estimate of drug-likeness (QED) is 0.736. The van der Waals surface area contributed by atoms with Gasteiger partial charge in [0.05, 0.1) is 36.6 Å². The molecule has 2 N–H and O–H groups in total. The number of terminal acetylenes is 1. The van der Waals surface area contributed by atoms with Gasteiger partial charge in [-0.3, -0.25) is 0 Å². The van der Waals surface area contributed by atoms with Crippen LogP contribution in [0.4, 0.5) is 5.69 Å². The second-order valence-corrected chi connectivity index (χ2v) is 5.57. The van der Waals surface area contributed by atoms with Crippen LogP contribution in [0.1, 0.15) is 0 Å². The van der Waals surface area contributed by atoms with Crippen molar-refractivity contribution in [3.63, 3.8) is 0 Å². The Labute approximate surface area is 107 Å². The molecule has 0 aliphatic heterocycles. The fraction of sp³-hybridized carbons (Fsp3) is 0.333. The topological polar surface area (TPSA) is 75.6 Å². The van der Waals surface area contributed by atoms with Crippen LogP contribution >= 0.6 is 0 Å². The molecule has 0 amide bonds. The van der Waals surface area contributed by atoms with Crippen LogP contribution in [0.2, 0.25) is 0 Å². The zero-order valence-corrected chi connectivity index (χ0v) is 10.8. The molecule has 5 nitrogen and oxygen atoms in total. The van der Waals surface area contributed by atoms with E-state index in [9.17, 15) is 8.42 Å². The van der Waals surface area contributed by atoms with E-state index >= 15 is 0 Å². The summed E-state index contributed by atoms with van der Waals surface area (Å²) in [6, 6.07) is 4.44. The van der Waals surface area contributed by atoms with Gasteiger partial charge in [-0.2, -0.15) is 0 Å². The maximum Gasteiger partial charge on any atom is 0.180 e. The lowest BCUT2D eigenvalue weighted by molar-refractivity contribution is 0.319. The Morgan fingerprint density at radius 3 is 2.78 bits per heavy atom. The van der Waals surface area contributed by atoms with E-state index in [-0.39, 0.29) is 10.6 Å². The highest BCUT2D eigenvalue weighted by molar-refractivity contribution is 7.91. The molecule has 1 aromatic carbocycles. The number of methoxy groups -OCH3 is 1. The van der Waals surface area contributed by atoms with E-state index in [0.717, 1.165) is 0 Å². The van der Waals surface area contributed by atoms with Gasteiger partial charge in [0.15, 0.2) is 9.84 Å². The second kappa shape index (κ2) is 6.28. The monoisotopic (exact) mass is 269 g/mol. The fourth-order valence-corrected chi connectivity index (χ4v) is 2.43. The summed E-state index contributed by atoms with van der Waals surface area (Å²) in [4.78, 5) is 0.111. The standard InChI is InChI=1S/C12H15NO4S/c1-3-6-13-11-5-4-10(9-12(11)17-2)18(15,16)8-7-14/h1,4-5,9,13-14H,6-8H2,2H3. The summed E-state index contributed by atoms with van der Waals surface area (Å²) in [5.41, 5.74) is 0.624. The molecule has 0 bridgehead atoms. The predicted octanol–water partition coefficient (Wildman–Crippen LogP) is 0.506. The third kappa shape index (κ3) is 3.39. The molecule has 0 aromatic heterocycles. The van der Waals surface area contributed by atoms with Crippen molar-refractivity contribution in [2.24, 2.45) is 0 Å². The second-order valence-electron chi connectivity index (χ2n) is 3.46. The molecule has 0 saturated heterocycles. The lowest BCUT2D eigenvalue weighted by Gasteiger charge is -2.11. The highest BCUT2D eigenvalue weighted by Crippen LogP contribution is 2.27. The average molecular weight is 269 g/mol. The number of aliphatic hydroxyl groups is 1. The van der Waals surface area contributed by atoms with Gasteiger partial charge in [0.25, 0.3) is 0 Å². The maximum atomic E-state index is 11.8. The van der Waals surface area contributed by atoms with Gasteiger partial charge in [-0.25, -0.2) is 8.42 Å². The molecule has 0 unspecified atom stereocenters. The smallest absolute Gasteiger partial charge is 0.180 e. The van der Waals surface area contributed by atoms with Crippen LogP contribution < -0.4 is 10.1 Å². The summed E-state index contributed by atoms with van der Waals surface area (Å²) < 4.78 is 28.6. The molecule has 6 heteroatoms. The van der Waals surface area contributed by atoms with E-state index in [2.05, 4.69) is 11.2 Å². The minimum atomic E-state index is -3.48. The van der Waals surface area contributed by atoms with Gasteiger partial charge < -0.3 is 15.2 Å². The minimum Gasteiger partial charge on any atom is -0.495 e. The van der Waals surface area contributed by atoms with Crippen molar-refractivity contribution >= 4 is 15.5 Å². The fourth-order valence-electron chi connectivity index (χ4n) is 1.40. The van der Waals surface area contributed by atoms with Crippen LogP contribution in [0.5, 0.6) is 5.75 Å². The lowest BCUT2D eigenvalue weighted by Crippen LogP contribution is -2.10. The van der Waals surface area contributed by atoms with Crippen LogP contribution in [0, 0.1) is 12.3 Å². The van der Waals surface area contributed by atoms with Gasteiger partial charge in [-0.1, -0.05) is 5.92 Å². The zero-order valence-electron chi connectivity index (χ0n) is 10.0. The van der Waals surface area contributed by atoms with Crippen LogP contribution in [-0.4, -0.2) is 39.5 Å². The highest BCUT2D eigenvalue weighted by atomic mass is 32.2. The van der Waals surface area contributed by atoms with Crippen molar-refractivity contribution in [2.75, 3.05) is 31.3 Å². The summed E-state index contributed by atoms with van der Waals surface area (Å²) >= 11 is 0. The number of rotatable bonds is 6. The van der Waals surface area contributed by atoms with Crippen molar-refractivity contribution in [1.82, 2.24) is 0 Å². The normalized spacial score (nSPS) is 10.7. The van der Waals surface area contributed by atoms with Gasteiger partial charge >= 0.3 is 0 Å². The highest BCUT2D eigenvalue weighted by Gasteiger charge is 2.16. The first-order valence-corrected chi connectivity index (χ1v) is 6.89. The van der Waals surface area contributed by atoms with E-state index in [1.807, 2.05) is 0 Å². The average Bonchev–Trinajstić information content (AvgIpc) is 2.36. The van der Waals surface area contributed by atoms with Crippen LogP contribution in [0.25, 0.3) is 0 Å². The first-order valence-electron chi connectivity index (χ1n) is 5.24. The van der Waals surface area contributed by atoms with Gasteiger partial charge in [-0.05, 0) is 12.1 Å². The molecule has 1 aromatic rings. The summed E-state index contributed by atoms with van der Waals surface area (Å²) in [6.45, 7) is -0.0964. The van der Waals surface area contributed by atoms with E-state index in [4.69, 9.17) is 16.3 Å². The largest absolute Gasteiger partial charge is 0.495 e. The van der Waals surface area contributed by atoms with Crippen LogP contribution in [0.3, 0.4) is 0 Å². The maximum absolute atomic E-state index is 11.8. The molecule has 0 radical (unpaired) electrons. The van der Waals surface area contributed by atoms with Crippen molar-refractivity contribution in [3.8, 4) is 18.1 Å². The lowest BCUT2D eigenvalue weighted by atomic mass is 10.3. The SMILES string of the molecule is C#CCNc1ccc(S(=O)(=O)CCO)cc1OC. The molecule has 0 aliphatic carbocycles. The molecule has 1 rings (SSSR count). The molecule has 0 saturated carbocycles. The number of hydrogen-bond donors (Lipinski definition) is 2. The first kappa shape index (κ1) is 14.4. The van der Waals surface area contributed by atoms with Crippen molar-refractivity contribution < 1.29 is 18.3 Å². The van der Waals surface area contributed by atoms with Gasteiger partial charge in [0, 0.05) is 6.07 Å². The molecule has 98 valence electrons. The Kier molecular flexibility index (Phi) is 5.01.